The molecule has 156 valence electrons. The van der Waals surface area contributed by atoms with E-state index < -0.39 is 23.4 Å². The van der Waals surface area contributed by atoms with E-state index >= 15 is 0 Å². The maximum Gasteiger partial charge on any atom is 0.416 e. The minimum Gasteiger partial charge on any atom is -0.443 e. The molecule has 28 heavy (non-hydrogen) atoms. The average Bonchev–Trinajstić information content (AvgIpc) is 2.58. The van der Waals surface area contributed by atoms with Crippen LogP contribution < -0.4 is 0 Å². The van der Waals surface area contributed by atoms with Crippen molar-refractivity contribution >= 4 is 6.09 Å². The summed E-state index contributed by atoms with van der Waals surface area (Å²) in [5.41, 5.74) is -0.577. The average molecular weight is 400 g/mol. The molecule has 0 aromatic heterocycles. The van der Waals surface area contributed by atoms with E-state index in [1.165, 1.54) is 17.0 Å². The number of carbonyl (C=O) groups is 1. The van der Waals surface area contributed by atoms with Gasteiger partial charge in [0.1, 0.15) is 5.60 Å². The van der Waals surface area contributed by atoms with Crippen molar-refractivity contribution < 1.29 is 27.4 Å². The van der Waals surface area contributed by atoms with Crippen molar-refractivity contribution in [3.63, 3.8) is 0 Å². The van der Waals surface area contributed by atoms with Gasteiger partial charge in [-0.3, -0.25) is 4.90 Å². The molecule has 0 spiro atoms. The predicted molar refractivity (Wildman–Crippen MR) is 99.4 cm³/mol. The zero-order valence-corrected chi connectivity index (χ0v) is 16.8. The number of benzene rings is 1. The van der Waals surface area contributed by atoms with Gasteiger partial charge in [0, 0.05) is 32.1 Å². The number of carbonyl (C=O) groups excluding carboxylic acids is 1. The Labute approximate surface area is 163 Å². The van der Waals surface area contributed by atoms with Crippen LogP contribution in [-0.2, 0) is 15.7 Å². The molecule has 1 aliphatic heterocycles. The number of alkyl halides is 3. The SMILES string of the molecule is COC[C@H](c1ccc(C(F)(F)F)cc1)N1C=CN(C(=O)OC(C)(C)C)C[C@@H]1C. The fourth-order valence-corrected chi connectivity index (χ4v) is 3.02. The minimum absolute atomic E-state index is 0.0834. The van der Waals surface area contributed by atoms with Crippen LogP contribution in [0.4, 0.5) is 18.0 Å². The molecule has 0 aliphatic carbocycles. The van der Waals surface area contributed by atoms with Gasteiger partial charge >= 0.3 is 12.3 Å². The van der Waals surface area contributed by atoms with Gasteiger partial charge in [-0.05, 0) is 45.4 Å². The minimum atomic E-state index is -4.37. The molecule has 0 N–H and O–H groups in total. The van der Waals surface area contributed by atoms with E-state index in [1.807, 2.05) is 11.8 Å². The zero-order valence-electron chi connectivity index (χ0n) is 16.8. The first-order valence-electron chi connectivity index (χ1n) is 9.04. The molecule has 2 atom stereocenters. The Hall–Kier alpha value is -2.22. The molecule has 0 unspecified atom stereocenters. The number of ether oxygens (including phenoxy) is 2. The molecule has 2 rings (SSSR count). The first-order valence-corrected chi connectivity index (χ1v) is 9.04. The van der Waals surface area contributed by atoms with E-state index in [0.29, 0.717) is 18.7 Å². The normalized spacial score (nSPS) is 18.9. The number of hydrogen-bond donors (Lipinski definition) is 0. The lowest BCUT2D eigenvalue weighted by molar-refractivity contribution is -0.137. The summed E-state index contributed by atoms with van der Waals surface area (Å²) in [6.45, 7) is 8.03. The molecular formula is C20H27F3N2O3. The highest BCUT2D eigenvalue weighted by Crippen LogP contribution is 2.32. The first kappa shape index (κ1) is 22.1. The molecule has 1 heterocycles. The van der Waals surface area contributed by atoms with Crippen molar-refractivity contribution in [3.8, 4) is 0 Å². The Balaban J connectivity index is 2.20. The topological polar surface area (TPSA) is 42.0 Å². The summed E-state index contributed by atoms with van der Waals surface area (Å²) in [5.74, 6) is 0. The molecule has 1 aromatic rings. The molecule has 0 saturated carbocycles. The van der Waals surface area contributed by atoms with Crippen LogP contribution in [0, 0.1) is 0 Å². The van der Waals surface area contributed by atoms with Gasteiger partial charge in [-0.1, -0.05) is 12.1 Å². The second-order valence-corrected chi connectivity index (χ2v) is 7.82. The van der Waals surface area contributed by atoms with Crippen LogP contribution in [0.3, 0.4) is 0 Å². The maximum atomic E-state index is 12.8. The number of halogens is 3. The third-order valence-electron chi connectivity index (χ3n) is 4.32. The Morgan fingerprint density at radius 3 is 2.25 bits per heavy atom. The lowest BCUT2D eigenvalue weighted by Crippen LogP contribution is -2.47. The van der Waals surface area contributed by atoms with Gasteiger partial charge in [0.05, 0.1) is 18.2 Å². The number of nitrogens with zero attached hydrogens (tertiary/aromatic N) is 2. The van der Waals surface area contributed by atoms with Crippen molar-refractivity contribution in [3.05, 3.63) is 47.8 Å². The Kier molecular flexibility index (Phi) is 6.64. The summed E-state index contributed by atoms with van der Waals surface area (Å²) in [6, 6.07) is 4.71. The molecule has 1 amide bonds. The maximum absolute atomic E-state index is 12.8. The smallest absolute Gasteiger partial charge is 0.416 e. The van der Waals surface area contributed by atoms with E-state index in [1.54, 1.807) is 40.3 Å². The van der Waals surface area contributed by atoms with Crippen molar-refractivity contribution in [2.24, 2.45) is 0 Å². The lowest BCUT2D eigenvalue weighted by Gasteiger charge is -2.41. The number of rotatable bonds is 4. The molecular weight excluding hydrogens is 373 g/mol. The third kappa shape index (κ3) is 5.64. The van der Waals surface area contributed by atoms with Gasteiger partial charge in [0.25, 0.3) is 0 Å². The highest BCUT2D eigenvalue weighted by atomic mass is 19.4. The second-order valence-electron chi connectivity index (χ2n) is 7.82. The van der Waals surface area contributed by atoms with Gasteiger partial charge in [-0.15, -0.1) is 0 Å². The van der Waals surface area contributed by atoms with Gasteiger partial charge in [-0.2, -0.15) is 13.2 Å². The molecule has 5 nitrogen and oxygen atoms in total. The summed E-state index contributed by atoms with van der Waals surface area (Å²) in [4.78, 5) is 15.7. The molecule has 0 radical (unpaired) electrons. The highest BCUT2D eigenvalue weighted by molar-refractivity contribution is 5.69. The number of hydrogen-bond acceptors (Lipinski definition) is 4. The molecule has 0 fully saturated rings. The quantitative estimate of drug-likeness (QED) is 0.728. The third-order valence-corrected chi connectivity index (χ3v) is 4.32. The highest BCUT2D eigenvalue weighted by Gasteiger charge is 2.32. The van der Waals surface area contributed by atoms with Crippen LogP contribution >= 0.6 is 0 Å². The van der Waals surface area contributed by atoms with Gasteiger partial charge in [-0.25, -0.2) is 4.79 Å². The first-order chi connectivity index (χ1) is 12.9. The summed E-state index contributed by atoms with van der Waals surface area (Å²) < 4.78 is 49.2. The number of amides is 1. The van der Waals surface area contributed by atoms with Crippen LogP contribution in [0.15, 0.2) is 36.7 Å². The van der Waals surface area contributed by atoms with E-state index in [0.717, 1.165) is 12.1 Å². The van der Waals surface area contributed by atoms with Gasteiger partial charge in [0.15, 0.2) is 0 Å². The van der Waals surface area contributed by atoms with Crippen molar-refractivity contribution in [1.29, 1.82) is 0 Å². The summed E-state index contributed by atoms with van der Waals surface area (Å²) >= 11 is 0. The summed E-state index contributed by atoms with van der Waals surface area (Å²) in [7, 11) is 1.54. The van der Waals surface area contributed by atoms with Crippen LogP contribution in [0.1, 0.15) is 44.9 Å². The van der Waals surface area contributed by atoms with E-state index in [4.69, 9.17) is 9.47 Å². The van der Waals surface area contributed by atoms with E-state index in [9.17, 15) is 18.0 Å². The van der Waals surface area contributed by atoms with Crippen LogP contribution in [0.2, 0.25) is 0 Å². The van der Waals surface area contributed by atoms with Crippen molar-refractivity contribution in [1.82, 2.24) is 9.80 Å². The second kappa shape index (κ2) is 8.43. The number of methoxy groups -OCH3 is 1. The van der Waals surface area contributed by atoms with E-state index in [2.05, 4.69) is 0 Å². The van der Waals surface area contributed by atoms with Crippen LogP contribution in [0.5, 0.6) is 0 Å². The van der Waals surface area contributed by atoms with Crippen LogP contribution in [-0.4, -0.2) is 47.8 Å². The fourth-order valence-electron chi connectivity index (χ4n) is 3.02. The van der Waals surface area contributed by atoms with Crippen LogP contribution in [0.25, 0.3) is 0 Å². The summed E-state index contributed by atoms with van der Waals surface area (Å²) in [5, 5.41) is 0. The Morgan fingerprint density at radius 1 is 1.18 bits per heavy atom. The van der Waals surface area contributed by atoms with Gasteiger partial charge in [0.2, 0.25) is 0 Å². The summed E-state index contributed by atoms with van der Waals surface area (Å²) in [6.07, 6.45) is -1.44. The van der Waals surface area contributed by atoms with E-state index in [-0.39, 0.29) is 12.1 Å². The molecule has 1 aliphatic rings. The standard InChI is InChI=1S/C20H27F3N2O3/c1-14-12-24(18(26)28-19(2,3)4)10-11-25(14)17(13-27-5)15-6-8-16(9-7-15)20(21,22)23/h6-11,14,17H,12-13H2,1-5H3/t14-,17+/m0/s1. The largest absolute Gasteiger partial charge is 0.443 e. The Bertz CT molecular complexity index is 696. The molecule has 1 aromatic carbocycles. The zero-order chi connectivity index (χ0) is 21.1. The fraction of sp³-hybridized carbons (Fsp3) is 0.550. The lowest BCUT2D eigenvalue weighted by atomic mass is 10.0. The van der Waals surface area contributed by atoms with Gasteiger partial charge < -0.3 is 14.4 Å². The molecule has 0 bridgehead atoms. The predicted octanol–water partition coefficient (Wildman–Crippen LogP) is 4.81. The monoisotopic (exact) mass is 400 g/mol. The molecule has 8 heteroatoms. The molecule has 0 saturated heterocycles. The van der Waals surface area contributed by atoms with Crippen molar-refractivity contribution in [2.45, 2.75) is 51.6 Å². The Morgan fingerprint density at radius 2 is 1.79 bits per heavy atom. The van der Waals surface area contributed by atoms with Crippen molar-refractivity contribution in [2.75, 3.05) is 20.3 Å².